The van der Waals surface area contributed by atoms with Crippen LogP contribution >= 0.6 is 15.9 Å². The maximum absolute atomic E-state index is 11.5. The van der Waals surface area contributed by atoms with E-state index in [1.165, 1.54) is 4.57 Å². The molecule has 2 rings (SSSR count). The van der Waals surface area contributed by atoms with Crippen LogP contribution in [-0.4, -0.2) is 14.7 Å². The number of benzene rings is 1. The van der Waals surface area contributed by atoms with E-state index >= 15 is 0 Å². The summed E-state index contributed by atoms with van der Waals surface area (Å²) in [7, 11) is 0. The molecule has 2 N–H and O–H groups in total. The molecule has 0 fully saturated rings. The lowest BCUT2D eigenvalue weighted by Gasteiger charge is -2.02. The third-order valence-electron chi connectivity index (χ3n) is 2.61. The second-order valence-corrected chi connectivity index (χ2v) is 4.70. The number of nitrogens with zero attached hydrogens (tertiary/aromatic N) is 1. The summed E-state index contributed by atoms with van der Waals surface area (Å²) in [6.07, 6.45) is 0.507. The van der Waals surface area contributed by atoms with Crippen molar-refractivity contribution >= 4 is 15.9 Å². The van der Waals surface area contributed by atoms with Crippen molar-refractivity contribution in [2.75, 3.05) is 0 Å². The zero-order valence-corrected chi connectivity index (χ0v) is 11.0. The lowest BCUT2D eigenvalue weighted by molar-refractivity contribution is 0.413. The molecule has 1 heterocycles. The molecule has 0 aliphatic rings. The van der Waals surface area contributed by atoms with Crippen molar-refractivity contribution in [2.45, 2.75) is 19.9 Å². The first-order valence-electron chi connectivity index (χ1n) is 5.37. The van der Waals surface area contributed by atoms with Crippen LogP contribution in [0.1, 0.15) is 18.2 Å². The van der Waals surface area contributed by atoms with Gasteiger partial charge in [-0.05, 0) is 24.6 Å². The molecule has 5 heteroatoms. The van der Waals surface area contributed by atoms with Gasteiger partial charge in [0, 0.05) is 17.4 Å². The molecule has 0 radical (unpaired) electrons. The minimum absolute atomic E-state index is 0.0254. The Morgan fingerprint density at radius 3 is 2.82 bits per heavy atom. The second-order valence-electron chi connectivity index (χ2n) is 3.78. The van der Waals surface area contributed by atoms with E-state index in [-0.39, 0.29) is 11.6 Å². The van der Waals surface area contributed by atoms with Crippen molar-refractivity contribution in [2.24, 2.45) is 0 Å². The Balaban J connectivity index is 2.34. The van der Waals surface area contributed by atoms with E-state index in [1.54, 1.807) is 0 Å². The smallest absolute Gasteiger partial charge is 0.328 e. The first-order chi connectivity index (χ1) is 8.11. The predicted molar refractivity (Wildman–Crippen MR) is 69.3 cm³/mol. The summed E-state index contributed by atoms with van der Waals surface area (Å²) in [4.78, 5) is 14.2. The summed E-state index contributed by atoms with van der Waals surface area (Å²) >= 11 is 3.39. The topological polar surface area (TPSA) is 58.0 Å². The van der Waals surface area contributed by atoms with Crippen molar-refractivity contribution < 1.29 is 5.11 Å². The van der Waals surface area contributed by atoms with Crippen LogP contribution in [0.3, 0.4) is 0 Å². The van der Waals surface area contributed by atoms with Gasteiger partial charge in [-0.15, -0.1) is 0 Å². The fraction of sp³-hybridized carbons (Fsp3) is 0.250. The molecule has 0 bridgehead atoms. The Bertz CT molecular complexity index is 586. The number of hydrogen-bond acceptors (Lipinski definition) is 2. The quantitative estimate of drug-likeness (QED) is 0.913. The number of aromatic hydroxyl groups is 1. The van der Waals surface area contributed by atoms with Gasteiger partial charge in [0.25, 0.3) is 0 Å². The molecule has 0 aliphatic carbocycles. The number of H-pyrrole nitrogens is 1. The Morgan fingerprint density at radius 2 is 2.24 bits per heavy atom. The van der Waals surface area contributed by atoms with Crippen LogP contribution in [0.15, 0.2) is 33.5 Å². The SMILES string of the molecule is CCn1c(O)c(Cc2cccc(Br)c2)[nH]c1=O. The molecule has 1 aromatic heterocycles. The lowest BCUT2D eigenvalue weighted by Crippen LogP contribution is -2.14. The Hall–Kier alpha value is -1.49. The molecule has 0 saturated carbocycles. The number of imidazole rings is 1. The number of nitrogens with one attached hydrogen (secondary N) is 1. The first kappa shape index (κ1) is 12.0. The van der Waals surface area contributed by atoms with Crippen molar-refractivity contribution in [3.8, 4) is 5.88 Å². The van der Waals surface area contributed by atoms with E-state index in [2.05, 4.69) is 20.9 Å². The van der Waals surface area contributed by atoms with E-state index in [4.69, 9.17) is 0 Å². The van der Waals surface area contributed by atoms with Crippen LogP contribution in [0.2, 0.25) is 0 Å². The van der Waals surface area contributed by atoms with Crippen LogP contribution in [-0.2, 0) is 13.0 Å². The summed E-state index contributed by atoms with van der Waals surface area (Å²) in [5.41, 5.74) is 1.31. The largest absolute Gasteiger partial charge is 0.493 e. The van der Waals surface area contributed by atoms with Gasteiger partial charge in [0.1, 0.15) is 0 Å². The molecule has 0 amide bonds. The minimum atomic E-state index is -0.269. The highest BCUT2D eigenvalue weighted by Crippen LogP contribution is 2.19. The van der Waals surface area contributed by atoms with E-state index in [0.29, 0.717) is 18.7 Å². The van der Waals surface area contributed by atoms with Crippen LogP contribution in [0.25, 0.3) is 0 Å². The predicted octanol–water partition coefficient (Wildman–Crippen LogP) is 2.26. The molecule has 17 heavy (non-hydrogen) atoms. The van der Waals surface area contributed by atoms with Gasteiger partial charge < -0.3 is 10.1 Å². The van der Waals surface area contributed by atoms with Crippen LogP contribution in [0.4, 0.5) is 0 Å². The second kappa shape index (κ2) is 4.79. The summed E-state index contributed by atoms with van der Waals surface area (Å²) in [5, 5.41) is 9.86. The van der Waals surface area contributed by atoms with E-state index < -0.39 is 0 Å². The molecule has 0 spiro atoms. The number of rotatable bonds is 3. The molecule has 2 aromatic rings. The van der Waals surface area contributed by atoms with Gasteiger partial charge in [0.15, 0.2) is 0 Å². The zero-order valence-electron chi connectivity index (χ0n) is 9.40. The fourth-order valence-electron chi connectivity index (χ4n) is 1.78. The van der Waals surface area contributed by atoms with Crippen molar-refractivity contribution in [3.05, 3.63) is 50.5 Å². The monoisotopic (exact) mass is 296 g/mol. The van der Waals surface area contributed by atoms with Gasteiger partial charge in [-0.25, -0.2) is 4.79 Å². The van der Waals surface area contributed by atoms with Crippen LogP contribution in [0, 0.1) is 0 Å². The molecule has 0 unspecified atom stereocenters. The van der Waals surface area contributed by atoms with Gasteiger partial charge in [-0.3, -0.25) is 4.57 Å². The third-order valence-corrected chi connectivity index (χ3v) is 3.11. The Labute approximate surface area is 107 Å². The maximum atomic E-state index is 11.5. The van der Waals surface area contributed by atoms with E-state index in [9.17, 15) is 9.90 Å². The minimum Gasteiger partial charge on any atom is -0.493 e. The fourth-order valence-corrected chi connectivity index (χ4v) is 2.23. The first-order valence-corrected chi connectivity index (χ1v) is 6.16. The van der Waals surface area contributed by atoms with Crippen LogP contribution < -0.4 is 5.69 Å². The summed E-state index contributed by atoms with van der Waals surface area (Å²) in [5.74, 6) is 0.0254. The summed E-state index contributed by atoms with van der Waals surface area (Å²) in [6.45, 7) is 2.28. The number of aromatic nitrogens is 2. The number of hydrogen-bond donors (Lipinski definition) is 2. The molecular formula is C12H13BrN2O2. The van der Waals surface area contributed by atoms with Gasteiger partial charge in [0.2, 0.25) is 5.88 Å². The van der Waals surface area contributed by atoms with Gasteiger partial charge in [-0.2, -0.15) is 0 Å². The average molecular weight is 297 g/mol. The summed E-state index contributed by atoms with van der Waals surface area (Å²) < 4.78 is 2.29. The molecule has 0 atom stereocenters. The Morgan fingerprint density at radius 1 is 1.47 bits per heavy atom. The van der Waals surface area contributed by atoms with Gasteiger partial charge >= 0.3 is 5.69 Å². The standard InChI is InChI=1S/C12H13BrN2O2/c1-2-15-11(16)10(14-12(15)17)7-8-4-3-5-9(13)6-8/h3-6,16H,2,7H2,1H3,(H,14,17). The third kappa shape index (κ3) is 2.44. The maximum Gasteiger partial charge on any atom is 0.328 e. The van der Waals surface area contributed by atoms with Crippen molar-refractivity contribution in [1.82, 2.24) is 9.55 Å². The molecule has 4 nitrogen and oxygen atoms in total. The van der Waals surface area contributed by atoms with Crippen LogP contribution in [0.5, 0.6) is 5.88 Å². The molecular weight excluding hydrogens is 284 g/mol. The molecule has 0 aliphatic heterocycles. The van der Waals surface area contributed by atoms with Gasteiger partial charge in [0.05, 0.1) is 5.69 Å². The highest BCUT2D eigenvalue weighted by molar-refractivity contribution is 9.10. The van der Waals surface area contributed by atoms with E-state index in [1.807, 2.05) is 31.2 Å². The van der Waals surface area contributed by atoms with Crippen molar-refractivity contribution in [3.63, 3.8) is 0 Å². The molecule has 1 aromatic carbocycles. The van der Waals surface area contributed by atoms with Crippen molar-refractivity contribution in [1.29, 1.82) is 0 Å². The lowest BCUT2D eigenvalue weighted by atomic mass is 10.1. The number of halogens is 1. The van der Waals surface area contributed by atoms with Gasteiger partial charge in [-0.1, -0.05) is 28.1 Å². The average Bonchev–Trinajstić information content (AvgIpc) is 2.54. The highest BCUT2D eigenvalue weighted by Gasteiger charge is 2.11. The normalized spacial score (nSPS) is 10.7. The highest BCUT2D eigenvalue weighted by atomic mass is 79.9. The van der Waals surface area contributed by atoms with E-state index in [0.717, 1.165) is 10.0 Å². The Kier molecular flexibility index (Phi) is 3.38. The zero-order chi connectivity index (χ0) is 12.4. The molecule has 0 saturated heterocycles. The molecule has 90 valence electrons. The summed E-state index contributed by atoms with van der Waals surface area (Å²) in [6, 6.07) is 7.77. The number of aromatic amines is 1.